The van der Waals surface area contributed by atoms with Crippen LogP contribution in [0, 0.1) is 20.8 Å². The number of benzene rings is 1. The Bertz CT molecular complexity index is 417. The summed E-state index contributed by atoms with van der Waals surface area (Å²) in [6.07, 6.45) is 2.28. The first-order valence-corrected chi connectivity index (χ1v) is 6.01. The van der Waals surface area contributed by atoms with Crippen molar-refractivity contribution in [2.45, 2.75) is 46.1 Å². The molecule has 1 aliphatic rings. The summed E-state index contributed by atoms with van der Waals surface area (Å²) in [7, 11) is 0. The van der Waals surface area contributed by atoms with E-state index in [0.29, 0.717) is 5.75 Å². The molecule has 1 aromatic rings. The highest BCUT2D eigenvalue weighted by molar-refractivity contribution is 5.52. The van der Waals surface area contributed by atoms with E-state index in [0.717, 1.165) is 24.1 Å². The molecule has 1 unspecified atom stereocenters. The Kier molecular flexibility index (Phi) is 2.70. The number of rotatable bonds is 1. The molecule has 1 heterocycles. The van der Waals surface area contributed by atoms with Gasteiger partial charge in [0, 0.05) is 11.1 Å². The van der Waals surface area contributed by atoms with Gasteiger partial charge >= 0.3 is 0 Å². The highest BCUT2D eigenvalue weighted by Crippen LogP contribution is 2.40. The predicted molar refractivity (Wildman–Crippen MR) is 66.9 cm³/mol. The van der Waals surface area contributed by atoms with Crippen LogP contribution >= 0.6 is 0 Å². The lowest BCUT2D eigenvalue weighted by Crippen LogP contribution is -2.34. The Hall–Kier alpha value is -1.02. The van der Waals surface area contributed by atoms with E-state index in [4.69, 9.17) is 0 Å². The van der Waals surface area contributed by atoms with E-state index < -0.39 is 0 Å². The van der Waals surface area contributed by atoms with E-state index in [1.54, 1.807) is 0 Å². The largest absolute Gasteiger partial charge is 0.507 e. The molecule has 0 amide bonds. The highest BCUT2D eigenvalue weighted by atomic mass is 16.3. The number of aryl methyl sites for hydroxylation is 2. The Labute approximate surface area is 97.7 Å². The van der Waals surface area contributed by atoms with Crippen LogP contribution in [0.3, 0.4) is 0 Å². The summed E-state index contributed by atoms with van der Waals surface area (Å²) in [5.41, 5.74) is 4.41. The number of phenols is 1. The standard InChI is InChI=1S/C14H21NO/c1-9-8-10(2)12(13(16)11(9)3)14(4)6-5-7-15-14/h8,15-16H,5-7H2,1-4H3. The third-order valence-corrected chi connectivity index (χ3v) is 3.93. The fourth-order valence-corrected chi connectivity index (χ4v) is 2.87. The van der Waals surface area contributed by atoms with Gasteiger partial charge in [-0.15, -0.1) is 0 Å². The van der Waals surface area contributed by atoms with E-state index in [1.165, 1.54) is 17.5 Å². The van der Waals surface area contributed by atoms with E-state index in [1.807, 2.05) is 6.92 Å². The third-order valence-electron chi connectivity index (χ3n) is 3.93. The molecular weight excluding hydrogens is 198 g/mol. The summed E-state index contributed by atoms with van der Waals surface area (Å²) in [4.78, 5) is 0. The maximum atomic E-state index is 10.3. The molecule has 1 saturated heterocycles. The normalized spacial score (nSPS) is 25.0. The first-order chi connectivity index (χ1) is 7.46. The molecule has 0 spiro atoms. The lowest BCUT2D eigenvalue weighted by Gasteiger charge is -2.29. The molecule has 0 aliphatic carbocycles. The Balaban J connectivity index is 2.60. The average molecular weight is 219 g/mol. The van der Waals surface area contributed by atoms with Crippen LogP contribution in [0.15, 0.2) is 6.07 Å². The van der Waals surface area contributed by atoms with Gasteiger partial charge in [0.15, 0.2) is 0 Å². The smallest absolute Gasteiger partial charge is 0.124 e. The van der Waals surface area contributed by atoms with Gasteiger partial charge in [0.05, 0.1) is 0 Å². The van der Waals surface area contributed by atoms with E-state index in [-0.39, 0.29) is 5.54 Å². The average Bonchev–Trinajstić information content (AvgIpc) is 2.62. The molecular formula is C14H21NO. The van der Waals surface area contributed by atoms with Gasteiger partial charge in [0.25, 0.3) is 0 Å². The first-order valence-electron chi connectivity index (χ1n) is 6.01. The summed E-state index contributed by atoms with van der Waals surface area (Å²) in [6.45, 7) is 9.37. The fraction of sp³-hybridized carbons (Fsp3) is 0.571. The molecule has 1 aromatic carbocycles. The van der Waals surface area contributed by atoms with E-state index in [2.05, 4.69) is 32.2 Å². The Morgan fingerprint density at radius 1 is 1.25 bits per heavy atom. The van der Waals surface area contributed by atoms with Gasteiger partial charge in [-0.1, -0.05) is 6.07 Å². The fourth-order valence-electron chi connectivity index (χ4n) is 2.87. The zero-order valence-corrected chi connectivity index (χ0v) is 10.6. The van der Waals surface area contributed by atoms with E-state index in [9.17, 15) is 5.11 Å². The summed E-state index contributed by atoms with van der Waals surface area (Å²) >= 11 is 0. The summed E-state index contributed by atoms with van der Waals surface area (Å²) in [5.74, 6) is 0.481. The Morgan fingerprint density at radius 2 is 1.94 bits per heavy atom. The van der Waals surface area contributed by atoms with Crippen LogP contribution < -0.4 is 5.32 Å². The van der Waals surface area contributed by atoms with Gasteiger partial charge in [-0.25, -0.2) is 0 Å². The highest BCUT2D eigenvalue weighted by Gasteiger charge is 2.34. The lowest BCUT2D eigenvalue weighted by atomic mass is 9.84. The number of hydrogen-bond donors (Lipinski definition) is 2. The molecule has 0 radical (unpaired) electrons. The van der Waals surface area contributed by atoms with Crippen molar-refractivity contribution in [2.24, 2.45) is 0 Å². The first kappa shape index (κ1) is 11.5. The maximum absolute atomic E-state index is 10.3. The SMILES string of the molecule is Cc1cc(C)c(C2(C)CCCN2)c(O)c1C. The van der Waals surface area contributed by atoms with Gasteiger partial charge in [-0.2, -0.15) is 0 Å². The molecule has 1 atom stereocenters. The van der Waals surface area contributed by atoms with Crippen molar-refractivity contribution >= 4 is 0 Å². The van der Waals surface area contributed by atoms with Gasteiger partial charge in [0.1, 0.15) is 5.75 Å². The van der Waals surface area contributed by atoms with Crippen molar-refractivity contribution in [1.29, 1.82) is 0 Å². The molecule has 2 nitrogen and oxygen atoms in total. The van der Waals surface area contributed by atoms with Gasteiger partial charge < -0.3 is 10.4 Å². The zero-order chi connectivity index (χ0) is 11.9. The second-order valence-electron chi connectivity index (χ2n) is 5.22. The Morgan fingerprint density at radius 3 is 2.50 bits per heavy atom. The monoisotopic (exact) mass is 219 g/mol. The van der Waals surface area contributed by atoms with Crippen molar-refractivity contribution in [3.05, 3.63) is 28.3 Å². The second kappa shape index (κ2) is 3.77. The minimum absolute atomic E-state index is 0.0490. The van der Waals surface area contributed by atoms with Crippen molar-refractivity contribution in [1.82, 2.24) is 5.32 Å². The van der Waals surface area contributed by atoms with Crippen molar-refractivity contribution in [3.63, 3.8) is 0 Å². The second-order valence-corrected chi connectivity index (χ2v) is 5.22. The molecule has 16 heavy (non-hydrogen) atoms. The number of nitrogens with one attached hydrogen (secondary N) is 1. The van der Waals surface area contributed by atoms with Crippen molar-refractivity contribution in [3.8, 4) is 5.75 Å². The minimum Gasteiger partial charge on any atom is -0.507 e. The molecule has 2 N–H and O–H groups in total. The maximum Gasteiger partial charge on any atom is 0.124 e. The lowest BCUT2D eigenvalue weighted by molar-refractivity contribution is 0.390. The van der Waals surface area contributed by atoms with Crippen LogP contribution in [0.25, 0.3) is 0 Å². The van der Waals surface area contributed by atoms with Crippen LogP contribution in [-0.2, 0) is 5.54 Å². The summed E-state index contributed by atoms with van der Waals surface area (Å²) in [5, 5.41) is 13.9. The van der Waals surface area contributed by atoms with Gasteiger partial charge in [-0.3, -0.25) is 0 Å². The summed E-state index contributed by atoms with van der Waals surface area (Å²) < 4.78 is 0. The number of hydrogen-bond acceptors (Lipinski definition) is 2. The third kappa shape index (κ3) is 1.61. The van der Waals surface area contributed by atoms with Crippen molar-refractivity contribution < 1.29 is 5.11 Å². The quantitative estimate of drug-likeness (QED) is 0.761. The minimum atomic E-state index is -0.0490. The summed E-state index contributed by atoms with van der Waals surface area (Å²) in [6, 6.07) is 2.18. The van der Waals surface area contributed by atoms with E-state index >= 15 is 0 Å². The van der Waals surface area contributed by atoms with Crippen LogP contribution in [-0.4, -0.2) is 11.7 Å². The number of phenolic OH excluding ortho intramolecular Hbond substituents is 1. The molecule has 2 heteroatoms. The van der Waals surface area contributed by atoms with Crippen LogP contribution in [0.1, 0.15) is 42.0 Å². The molecule has 2 rings (SSSR count). The predicted octanol–water partition coefficient (Wildman–Crippen LogP) is 2.92. The van der Waals surface area contributed by atoms with Crippen LogP contribution in [0.4, 0.5) is 0 Å². The van der Waals surface area contributed by atoms with Crippen LogP contribution in [0.2, 0.25) is 0 Å². The van der Waals surface area contributed by atoms with Gasteiger partial charge in [0.2, 0.25) is 0 Å². The topological polar surface area (TPSA) is 32.3 Å². The van der Waals surface area contributed by atoms with Gasteiger partial charge in [-0.05, 0) is 63.8 Å². The molecule has 88 valence electrons. The van der Waals surface area contributed by atoms with Crippen molar-refractivity contribution in [2.75, 3.05) is 6.54 Å². The molecule has 0 saturated carbocycles. The number of aromatic hydroxyl groups is 1. The van der Waals surface area contributed by atoms with Crippen LogP contribution in [0.5, 0.6) is 5.75 Å². The zero-order valence-electron chi connectivity index (χ0n) is 10.6. The molecule has 1 aliphatic heterocycles. The molecule has 0 aromatic heterocycles. The molecule has 0 bridgehead atoms. The molecule has 1 fully saturated rings.